The number of hydrogen-bond donors (Lipinski definition) is 1. The molecule has 152 valence electrons. The molecule has 1 aromatic carbocycles. The van der Waals surface area contributed by atoms with Crippen LogP contribution in [0.4, 0.5) is 0 Å². The number of rotatable bonds is 9. The number of amides is 1. The molecular formula is C21H25N5O3. The van der Waals surface area contributed by atoms with E-state index in [0.717, 1.165) is 12.8 Å². The number of aromatic amines is 1. The van der Waals surface area contributed by atoms with Crippen molar-refractivity contribution in [2.45, 2.75) is 19.8 Å². The lowest BCUT2D eigenvalue weighted by Crippen LogP contribution is -2.35. The number of nitrogens with zero attached hydrogens (tertiary/aromatic N) is 4. The minimum atomic E-state index is -0.293. The molecule has 2 aromatic heterocycles. The normalized spacial score (nSPS) is 10.8. The number of ether oxygens (including phenoxy) is 1. The molecule has 0 unspecified atom stereocenters. The molecule has 0 aliphatic heterocycles. The van der Waals surface area contributed by atoms with E-state index in [1.54, 1.807) is 29.0 Å². The summed E-state index contributed by atoms with van der Waals surface area (Å²) in [6, 6.07) is 13.2. The molecule has 0 atom stereocenters. The van der Waals surface area contributed by atoms with Crippen molar-refractivity contribution in [3.63, 3.8) is 0 Å². The molecule has 8 nitrogen and oxygen atoms in total. The molecule has 1 amide bonds. The molecule has 0 bridgehead atoms. The van der Waals surface area contributed by atoms with Gasteiger partial charge in [0.25, 0.3) is 11.5 Å². The van der Waals surface area contributed by atoms with Gasteiger partial charge in [-0.3, -0.25) is 9.59 Å². The Bertz CT molecular complexity index is 977. The third kappa shape index (κ3) is 5.17. The smallest absolute Gasteiger partial charge is 0.264 e. The lowest BCUT2D eigenvalue weighted by atomic mass is 10.1. The predicted molar refractivity (Wildman–Crippen MR) is 109 cm³/mol. The second-order valence-electron chi connectivity index (χ2n) is 6.71. The first kappa shape index (κ1) is 20.5. The van der Waals surface area contributed by atoms with Crippen LogP contribution in [0, 0.1) is 6.92 Å². The summed E-state index contributed by atoms with van der Waals surface area (Å²) >= 11 is 0. The maximum atomic E-state index is 13.2. The fraction of sp³-hybridized carbons (Fsp3) is 0.333. The molecule has 8 heteroatoms. The van der Waals surface area contributed by atoms with Crippen LogP contribution in [0.2, 0.25) is 0 Å². The SMILES string of the molecule is COCCN(CCCc1ccccc1)C(=O)c1cnn(-c2ccc(=O)[nH]n2)c1C. The van der Waals surface area contributed by atoms with Crippen molar-refractivity contribution in [1.29, 1.82) is 0 Å². The number of carbonyl (C=O) groups excluding carboxylic acids is 1. The Hall–Kier alpha value is -3.26. The average Bonchev–Trinajstić information content (AvgIpc) is 3.12. The summed E-state index contributed by atoms with van der Waals surface area (Å²) in [4.78, 5) is 26.2. The van der Waals surface area contributed by atoms with E-state index in [1.165, 1.54) is 11.6 Å². The van der Waals surface area contributed by atoms with Crippen molar-refractivity contribution in [3.05, 3.63) is 75.8 Å². The summed E-state index contributed by atoms with van der Waals surface area (Å²) in [5.41, 5.74) is 2.13. The monoisotopic (exact) mass is 395 g/mol. The molecule has 0 radical (unpaired) electrons. The van der Waals surface area contributed by atoms with Crippen molar-refractivity contribution < 1.29 is 9.53 Å². The molecule has 2 heterocycles. The molecule has 0 aliphatic rings. The third-order valence-corrected chi connectivity index (χ3v) is 4.71. The molecule has 29 heavy (non-hydrogen) atoms. The number of hydrogen-bond acceptors (Lipinski definition) is 5. The number of benzene rings is 1. The van der Waals surface area contributed by atoms with Crippen molar-refractivity contribution in [2.75, 3.05) is 26.8 Å². The van der Waals surface area contributed by atoms with Crippen LogP contribution in [0.1, 0.15) is 28.0 Å². The molecular weight excluding hydrogens is 370 g/mol. The summed E-state index contributed by atoms with van der Waals surface area (Å²) in [5, 5.41) is 10.6. The van der Waals surface area contributed by atoms with E-state index in [1.807, 2.05) is 25.1 Å². The van der Waals surface area contributed by atoms with Gasteiger partial charge in [-0.15, -0.1) is 0 Å². The van der Waals surface area contributed by atoms with Crippen LogP contribution in [0.3, 0.4) is 0 Å². The minimum absolute atomic E-state index is 0.0942. The first-order valence-electron chi connectivity index (χ1n) is 9.53. The van der Waals surface area contributed by atoms with Gasteiger partial charge >= 0.3 is 0 Å². The summed E-state index contributed by atoms with van der Waals surface area (Å²) in [6.45, 7) is 3.40. The summed E-state index contributed by atoms with van der Waals surface area (Å²) in [7, 11) is 1.62. The van der Waals surface area contributed by atoms with Crippen LogP contribution in [0.25, 0.3) is 5.82 Å². The Labute approximate surface area is 169 Å². The highest BCUT2D eigenvalue weighted by atomic mass is 16.5. The fourth-order valence-electron chi connectivity index (χ4n) is 3.11. The second-order valence-corrected chi connectivity index (χ2v) is 6.71. The number of methoxy groups -OCH3 is 1. The van der Waals surface area contributed by atoms with Crippen LogP contribution in [-0.2, 0) is 11.2 Å². The summed E-state index contributed by atoms with van der Waals surface area (Å²) in [5.74, 6) is 0.358. The first-order valence-corrected chi connectivity index (χ1v) is 9.53. The Morgan fingerprint density at radius 3 is 2.66 bits per heavy atom. The van der Waals surface area contributed by atoms with Gasteiger partial charge in [-0.05, 0) is 31.4 Å². The van der Waals surface area contributed by atoms with Gasteiger partial charge in [0, 0.05) is 26.3 Å². The van der Waals surface area contributed by atoms with Gasteiger partial charge in [-0.25, -0.2) is 9.78 Å². The number of aryl methyl sites for hydroxylation is 1. The average molecular weight is 395 g/mol. The van der Waals surface area contributed by atoms with Gasteiger partial charge in [0.05, 0.1) is 24.1 Å². The van der Waals surface area contributed by atoms with E-state index in [4.69, 9.17) is 4.74 Å². The fourth-order valence-corrected chi connectivity index (χ4v) is 3.11. The van der Waals surface area contributed by atoms with Crippen molar-refractivity contribution in [3.8, 4) is 5.82 Å². The highest BCUT2D eigenvalue weighted by Gasteiger charge is 2.21. The van der Waals surface area contributed by atoms with Gasteiger partial charge in [-0.2, -0.15) is 10.2 Å². The molecule has 1 N–H and O–H groups in total. The van der Waals surface area contributed by atoms with Crippen LogP contribution in [0.5, 0.6) is 0 Å². The van der Waals surface area contributed by atoms with E-state index < -0.39 is 0 Å². The van der Waals surface area contributed by atoms with Gasteiger partial charge in [0.1, 0.15) is 0 Å². The van der Waals surface area contributed by atoms with Crippen molar-refractivity contribution in [2.24, 2.45) is 0 Å². The van der Waals surface area contributed by atoms with Crippen LogP contribution in [-0.4, -0.2) is 57.6 Å². The molecule has 3 aromatic rings. The molecule has 0 spiro atoms. The first-order chi connectivity index (χ1) is 14.1. The Kier molecular flexibility index (Phi) is 6.91. The largest absolute Gasteiger partial charge is 0.383 e. The quantitative estimate of drug-likeness (QED) is 0.598. The highest BCUT2D eigenvalue weighted by Crippen LogP contribution is 2.15. The lowest BCUT2D eigenvalue weighted by Gasteiger charge is -2.22. The van der Waals surface area contributed by atoms with E-state index >= 15 is 0 Å². The zero-order valence-electron chi connectivity index (χ0n) is 16.7. The molecule has 0 aliphatic carbocycles. The van der Waals surface area contributed by atoms with Gasteiger partial charge in [0.2, 0.25) is 0 Å². The van der Waals surface area contributed by atoms with Gasteiger partial charge in [-0.1, -0.05) is 30.3 Å². The Morgan fingerprint density at radius 1 is 1.17 bits per heavy atom. The standard InChI is InChI=1S/C21H25N5O3/c1-16-18(15-22-26(16)19-10-11-20(27)24-23-19)21(28)25(13-14-29-2)12-6-9-17-7-4-3-5-8-17/h3-5,7-8,10-11,15H,6,9,12-14H2,1-2H3,(H,24,27). The molecule has 3 rings (SSSR count). The molecule has 0 saturated heterocycles. The van der Waals surface area contributed by atoms with Crippen molar-refractivity contribution >= 4 is 5.91 Å². The maximum Gasteiger partial charge on any atom is 0.264 e. The van der Waals surface area contributed by atoms with Gasteiger partial charge < -0.3 is 9.64 Å². The second kappa shape index (κ2) is 9.79. The number of aromatic nitrogens is 4. The molecule has 0 fully saturated rings. The number of H-pyrrole nitrogens is 1. The van der Waals surface area contributed by atoms with Crippen LogP contribution < -0.4 is 5.56 Å². The maximum absolute atomic E-state index is 13.2. The van der Waals surface area contributed by atoms with E-state index in [9.17, 15) is 9.59 Å². The van der Waals surface area contributed by atoms with Crippen LogP contribution in [0.15, 0.2) is 53.5 Å². The topological polar surface area (TPSA) is 93.1 Å². The minimum Gasteiger partial charge on any atom is -0.383 e. The summed E-state index contributed by atoms with van der Waals surface area (Å²) in [6.07, 6.45) is 3.30. The van der Waals surface area contributed by atoms with Gasteiger partial charge in [0.15, 0.2) is 5.82 Å². The van der Waals surface area contributed by atoms with Crippen molar-refractivity contribution in [1.82, 2.24) is 24.9 Å². The van der Waals surface area contributed by atoms with E-state index in [2.05, 4.69) is 27.4 Å². The summed E-state index contributed by atoms with van der Waals surface area (Å²) < 4.78 is 6.72. The zero-order chi connectivity index (χ0) is 20.6. The number of carbonyl (C=O) groups is 1. The zero-order valence-corrected chi connectivity index (χ0v) is 16.7. The highest BCUT2D eigenvalue weighted by molar-refractivity contribution is 5.95. The Balaban J connectivity index is 1.73. The van der Waals surface area contributed by atoms with Crippen LogP contribution >= 0.6 is 0 Å². The Morgan fingerprint density at radius 2 is 1.97 bits per heavy atom. The number of nitrogens with one attached hydrogen (secondary N) is 1. The predicted octanol–water partition coefficient (Wildman–Crippen LogP) is 1.99. The lowest BCUT2D eigenvalue weighted by molar-refractivity contribution is 0.0692. The van der Waals surface area contributed by atoms with E-state index in [-0.39, 0.29) is 11.5 Å². The third-order valence-electron chi connectivity index (χ3n) is 4.71. The van der Waals surface area contributed by atoms with E-state index in [0.29, 0.717) is 36.8 Å². The molecule has 0 saturated carbocycles.